The maximum absolute atomic E-state index is 14.5. The van der Waals surface area contributed by atoms with Crippen LogP contribution >= 0.6 is 0 Å². The van der Waals surface area contributed by atoms with E-state index in [1.54, 1.807) is 6.07 Å². The van der Waals surface area contributed by atoms with Crippen molar-refractivity contribution < 1.29 is 22.0 Å². The zero-order chi connectivity index (χ0) is 19.4. The average Bonchev–Trinajstić information content (AvgIpc) is 2.64. The maximum Gasteiger partial charge on any atom is 0.243 e. The predicted molar refractivity (Wildman–Crippen MR) is 96.6 cm³/mol. The summed E-state index contributed by atoms with van der Waals surface area (Å²) in [5.41, 5.74) is 1.50. The van der Waals surface area contributed by atoms with Gasteiger partial charge in [0.1, 0.15) is 16.5 Å². The molecule has 1 aliphatic rings. The Balaban J connectivity index is 1.58. The van der Waals surface area contributed by atoms with Crippen LogP contribution in [0.5, 0.6) is 0 Å². The van der Waals surface area contributed by atoms with Crippen LogP contribution in [-0.2, 0) is 27.8 Å². The lowest BCUT2D eigenvalue weighted by Gasteiger charge is -2.19. The fourth-order valence-corrected chi connectivity index (χ4v) is 3.99. The normalized spacial score (nSPS) is 13.9. The molecule has 2 aromatic rings. The van der Waals surface area contributed by atoms with Crippen molar-refractivity contribution in [2.45, 2.75) is 24.3 Å². The SMILES string of the molecule is O=C(CCNS(=O)(=O)c1ccccc1F)Nc1ccc2c(c1F)CCNC2. The first-order valence-electron chi connectivity index (χ1n) is 8.43. The molecule has 2 aromatic carbocycles. The summed E-state index contributed by atoms with van der Waals surface area (Å²) >= 11 is 0. The Hall–Kier alpha value is -2.36. The van der Waals surface area contributed by atoms with Gasteiger partial charge in [-0.3, -0.25) is 4.79 Å². The summed E-state index contributed by atoms with van der Waals surface area (Å²) in [5.74, 6) is -1.88. The standard InChI is InChI=1S/C18H19F2N3O3S/c19-14-3-1-2-4-16(14)27(25,26)22-10-8-17(24)23-15-6-5-12-11-21-9-7-13(12)18(15)20/h1-6,21-22H,7-11H2,(H,23,24). The van der Waals surface area contributed by atoms with Crippen LogP contribution in [0, 0.1) is 11.6 Å². The highest BCUT2D eigenvalue weighted by atomic mass is 32.2. The molecule has 0 bridgehead atoms. The monoisotopic (exact) mass is 395 g/mol. The Bertz CT molecular complexity index is 964. The third-order valence-electron chi connectivity index (χ3n) is 4.25. The molecule has 0 atom stereocenters. The lowest BCUT2D eigenvalue weighted by Crippen LogP contribution is -2.29. The Kier molecular flexibility index (Phi) is 5.83. The van der Waals surface area contributed by atoms with E-state index in [1.165, 1.54) is 18.2 Å². The third-order valence-corrected chi connectivity index (χ3v) is 5.75. The van der Waals surface area contributed by atoms with E-state index in [9.17, 15) is 22.0 Å². The number of halogens is 2. The molecule has 0 fully saturated rings. The molecular weight excluding hydrogens is 376 g/mol. The number of carbonyl (C=O) groups is 1. The van der Waals surface area contributed by atoms with E-state index >= 15 is 0 Å². The van der Waals surface area contributed by atoms with Gasteiger partial charge in [0.15, 0.2) is 0 Å². The van der Waals surface area contributed by atoms with Gasteiger partial charge in [-0.05, 0) is 42.3 Å². The molecule has 3 N–H and O–H groups in total. The number of sulfonamides is 1. The molecule has 3 rings (SSSR count). The van der Waals surface area contributed by atoms with Gasteiger partial charge >= 0.3 is 0 Å². The van der Waals surface area contributed by atoms with Gasteiger partial charge in [0.25, 0.3) is 0 Å². The topological polar surface area (TPSA) is 87.3 Å². The van der Waals surface area contributed by atoms with Crippen molar-refractivity contribution in [3.05, 3.63) is 59.2 Å². The second-order valence-corrected chi connectivity index (χ2v) is 7.85. The number of nitrogens with one attached hydrogen (secondary N) is 3. The molecule has 144 valence electrons. The summed E-state index contributed by atoms with van der Waals surface area (Å²) in [6, 6.07) is 8.19. The minimum atomic E-state index is -4.07. The minimum absolute atomic E-state index is 0.0672. The summed E-state index contributed by atoms with van der Waals surface area (Å²) in [6.07, 6.45) is 0.319. The van der Waals surface area contributed by atoms with E-state index in [0.717, 1.165) is 17.7 Å². The van der Waals surface area contributed by atoms with E-state index < -0.39 is 32.5 Å². The Morgan fingerprint density at radius 1 is 1.15 bits per heavy atom. The summed E-state index contributed by atoms with van der Waals surface area (Å²) in [6.45, 7) is 1.01. The van der Waals surface area contributed by atoms with Crippen molar-refractivity contribution in [3.8, 4) is 0 Å². The fraction of sp³-hybridized carbons (Fsp3) is 0.278. The first kappa shape index (κ1) is 19.4. The van der Waals surface area contributed by atoms with E-state index in [2.05, 4.69) is 15.4 Å². The van der Waals surface area contributed by atoms with E-state index in [1.807, 2.05) is 0 Å². The zero-order valence-corrected chi connectivity index (χ0v) is 15.2. The van der Waals surface area contributed by atoms with Crippen molar-refractivity contribution in [3.63, 3.8) is 0 Å². The second-order valence-electron chi connectivity index (χ2n) is 6.12. The Morgan fingerprint density at radius 3 is 2.70 bits per heavy atom. The van der Waals surface area contributed by atoms with E-state index in [0.29, 0.717) is 25.1 Å². The summed E-state index contributed by atoms with van der Waals surface area (Å²) in [7, 11) is -4.07. The predicted octanol–water partition coefficient (Wildman–Crippen LogP) is 1.92. The number of hydrogen-bond acceptors (Lipinski definition) is 4. The molecule has 1 amide bonds. The highest BCUT2D eigenvalue weighted by Crippen LogP contribution is 2.24. The first-order chi connectivity index (χ1) is 12.9. The highest BCUT2D eigenvalue weighted by molar-refractivity contribution is 7.89. The molecule has 9 heteroatoms. The van der Waals surface area contributed by atoms with Crippen LogP contribution in [0.3, 0.4) is 0 Å². The molecule has 1 aliphatic heterocycles. The van der Waals surface area contributed by atoms with Crippen LogP contribution in [0.2, 0.25) is 0 Å². The summed E-state index contributed by atoms with van der Waals surface area (Å²) in [4.78, 5) is 11.5. The molecule has 0 saturated carbocycles. The van der Waals surface area contributed by atoms with Crippen LogP contribution in [-0.4, -0.2) is 27.4 Å². The number of amides is 1. The average molecular weight is 395 g/mol. The Morgan fingerprint density at radius 2 is 1.93 bits per heavy atom. The van der Waals surface area contributed by atoms with Crippen LogP contribution in [0.25, 0.3) is 0 Å². The van der Waals surface area contributed by atoms with Crippen molar-refractivity contribution in [2.24, 2.45) is 0 Å². The van der Waals surface area contributed by atoms with Gasteiger partial charge in [0.2, 0.25) is 15.9 Å². The van der Waals surface area contributed by atoms with Crippen LogP contribution in [0.15, 0.2) is 41.3 Å². The van der Waals surface area contributed by atoms with Gasteiger partial charge in [0.05, 0.1) is 5.69 Å². The minimum Gasteiger partial charge on any atom is -0.324 e. The molecule has 0 spiro atoms. The first-order valence-corrected chi connectivity index (χ1v) is 9.92. The van der Waals surface area contributed by atoms with Crippen molar-refractivity contribution in [1.82, 2.24) is 10.0 Å². The molecular formula is C18H19F2N3O3S. The quantitative estimate of drug-likeness (QED) is 0.697. The molecule has 1 heterocycles. The zero-order valence-electron chi connectivity index (χ0n) is 14.4. The number of benzene rings is 2. The Labute approximate surface area is 156 Å². The van der Waals surface area contributed by atoms with Crippen molar-refractivity contribution in [2.75, 3.05) is 18.4 Å². The summed E-state index contributed by atoms with van der Waals surface area (Å²) in [5, 5.41) is 5.60. The van der Waals surface area contributed by atoms with Gasteiger partial charge in [-0.2, -0.15) is 0 Å². The van der Waals surface area contributed by atoms with Crippen LogP contribution in [0.4, 0.5) is 14.5 Å². The third kappa shape index (κ3) is 4.49. The second kappa shape index (κ2) is 8.12. The maximum atomic E-state index is 14.5. The highest BCUT2D eigenvalue weighted by Gasteiger charge is 2.20. The molecule has 27 heavy (non-hydrogen) atoms. The largest absolute Gasteiger partial charge is 0.324 e. The number of fused-ring (bicyclic) bond motifs is 1. The molecule has 0 saturated heterocycles. The van der Waals surface area contributed by atoms with Crippen LogP contribution < -0.4 is 15.4 Å². The number of hydrogen-bond donors (Lipinski definition) is 3. The molecule has 0 radical (unpaired) electrons. The molecule has 0 unspecified atom stereocenters. The number of carbonyl (C=O) groups excluding carboxylic acids is 1. The number of anilines is 1. The molecule has 0 aromatic heterocycles. The van der Waals surface area contributed by atoms with E-state index in [4.69, 9.17) is 0 Å². The van der Waals surface area contributed by atoms with Gasteiger partial charge in [-0.15, -0.1) is 0 Å². The van der Waals surface area contributed by atoms with Gasteiger partial charge in [-0.25, -0.2) is 21.9 Å². The molecule has 6 nitrogen and oxygen atoms in total. The molecule has 0 aliphatic carbocycles. The van der Waals surface area contributed by atoms with E-state index in [-0.39, 0.29) is 18.7 Å². The lowest BCUT2D eigenvalue weighted by atomic mass is 9.99. The summed E-state index contributed by atoms with van der Waals surface area (Å²) < 4.78 is 54.4. The van der Waals surface area contributed by atoms with Crippen molar-refractivity contribution in [1.29, 1.82) is 0 Å². The van der Waals surface area contributed by atoms with Crippen molar-refractivity contribution >= 4 is 21.6 Å². The number of rotatable bonds is 6. The van der Waals surface area contributed by atoms with Crippen LogP contribution in [0.1, 0.15) is 17.5 Å². The van der Waals surface area contributed by atoms with Gasteiger partial charge in [0, 0.05) is 19.5 Å². The smallest absolute Gasteiger partial charge is 0.243 e. The lowest BCUT2D eigenvalue weighted by molar-refractivity contribution is -0.116. The van der Waals surface area contributed by atoms with Gasteiger partial charge < -0.3 is 10.6 Å². The van der Waals surface area contributed by atoms with Gasteiger partial charge in [-0.1, -0.05) is 18.2 Å². The fourth-order valence-electron chi connectivity index (χ4n) is 2.88.